The van der Waals surface area contributed by atoms with E-state index in [1.807, 2.05) is 60.8 Å². The second-order valence-corrected chi connectivity index (χ2v) is 7.27. The van der Waals surface area contributed by atoms with Gasteiger partial charge in [0, 0.05) is 24.5 Å². The minimum absolute atomic E-state index is 0.107. The van der Waals surface area contributed by atoms with Gasteiger partial charge in [0.2, 0.25) is 11.8 Å². The van der Waals surface area contributed by atoms with Crippen molar-refractivity contribution in [1.29, 1.82) is 0 Å². The Morgan fingerprint density at radius 1 is 1.14 bits per heavy atom. The average molecular weight is 410 g/mol. The first-order valence-corrected chi connectivity index (χ1v) is 10.2. The lowest BCUT2D eigenvalue weighted by Gasteiger charge is -2.08. The SMILES string of the molecule is CCOc1ccccc1-c1nc(CC(=O)NCc2cccc(NC(C)=O)c2)cs1. The molecule has 0 bridgehead atoms. The quantitative estimate of drug-likeness (QED) is 0.589. The first kappa shape index (κ1) is 20.5. The molecule has 0 aliphatic heterocycles. The molecule has 2 N–H and O–H groups in total. The summed E-state index contributed by atoms with van der Waals surface area (Å²) in [5.41, 5.74) is 3.28. The topological polar surface area (TPSA) is 80.3 Å². The lowest BCUT2D eigenvalue weighted by atomic mass is 10.2. The number of hydrogen-bond donors (Lipinski definition) is 2. The molecule has 0 atom stereocenters. The molecule has 0 aliphatic rings. The highest BCUT2D eigenvalue weighted by Gasteiger charge is 2.12. The number of nitrogens with one attached hydrogen (secondary N) is 2. The molecule has 0 spiro atoms. The Bertz CT molecular complexity index is 1000. The fraction of sp³-hybridized carbons (Fsp3) is 0.227. The highest BCUT2D eigenvalue weighted by molar-refractivity contribution is 7.13. The van der Waals surface area contributed by atoms with Gasteiger partial charge in [-0.15, -0.1) is 11.3 Å². The van der Waals surface area contributed by atoms with Crippen LogP contribution in [0.25, 0.3) is 10.6 Å². The molecular formula is C22H23N3O3S. The molecule has 1 heterocycles. The van der Waals surface area contributed by atoms with Crippen molar-refractivity contribution in [2.24, 2.45) is 0 Å². The molecule has 0 unspecified atom stereocenters. The maximum atomic E-state index is 12.3. The Morgan fingerprint density at radius 2 is 1.97 bits per heavy atom. The number of thiazole rings is 1. The molecule has 3 aromatic rings. The van der Waals surface area contributed by atoms with Crippen molar-refractivity contribution in [2.75, 3.05) is 11.9 Å². The molecule has 150 valence electrons. The average Bonchev–Trinajstić information content (AvgIpc) is 3.15. The van der Waals surface area contributed by atoms with Crippen molar-refractivity contribution in [2.45, 2.75) is 26.8 Å². The normalized spacial score (nSPS) is 10.4. The van der Waals surface area contributed by atoms with Crippen LogP contribution in [0.15, 0.2) is 53.9 Å². The third kappa shape index (κ3) is 5.89. The molecule has 2 aromatic carbocycles. The van der Waals surface area contributed by atoms with Gasteiger partial charge in [-0.05, 0) is 36.8 Å². The van der Waals surface area contributed by atoms with Crippen LogP contribution in [0.5, 0.6) is 5.75 Å². The highest BCUT2D eigenvalue weighted by atomic mass is 32.1. The minimum atomic E-state index is -0.128. The number of benzene rings is 2. The largest absolute Gasteiger partial charge is 0.493 e. The van der Waals surface area contributed by atoms with Crippen molar-refractivity contribution in [3.63, 3.8) is 0 Å². The molecule has 1 aromatic heterocycles. The number of carbonyl (C=O) groups is 2. The van der Waals surface area contributed by atoms with Crippen LogP contribution in [0.4, 0.5) is 5.69 Å². The number of nitrogens with zero attached hydrogens (tertiary/aromatic N) is 1. The van der Waals surface area contributed by atoms with Gasteiger partial charge in [-0.2, -0.15) is 0 Å². The van der Waals surface area contributed by atoms with Gasteiger partial charge in [0.1, 0.15) is 10.8 Å². The highest BCUT2D eigenvalue weighted by Crippen LogP contribution is 2.32. The predicted molar refractivity (Wildman–Crippen MR) is 115 cm³/mol. The Hall–Kier alpha value is -3.19. The molecule has 0 saturated heterocycles. The van der Waals surface area contributed by atoms with Crippen LogP contribution in [0, 0.1) is 0 Å². The van der Waals surface area contributed by atoms with E-state index in [0.29, 0.717) is 18.8 Å². The van der Waals surface area contributed by atoms with Gasteiger partial charge >= 0.3 is 0 Å². The van der Waals surface area contributed by atoms with Crippen LogP contribution >= 0.6 is 11.3 Å². The Balaban J connectivity index is 1.59. The van der Waals surface area contributed by atoms with E-state index in [2.05, 4.69) is 15.6 Å². The van der Waals surface area contributed by atoms with Crippen LogP contribution in [0.1, 0.15) is 25.1 Å². The van der Waals surface area contributed by atoms with E-state index in [-0.39, 0.29) is 18.2 Å². The summed E-state index contributed by atoms with van der Waals surface area (Å²) in [6.07, 6.45) is 0.207. The number of amides is 2. The number of hydrogen-bond acceptors (Lipinski definition) is 5. The van der Waals surface area contributed by atoms with Crippen LogP contribution in [-0.2, 0) is 22.6 Å². The van der Waals surface area contributed by atoms with Gasteiger partial charge in [0.05, 0.1) is 24.3 Å². The molecule has 0 radical (unpaired) electrons. The summed E-state index contributed by atoms with van der Waals surface area (Å²) >= 11 is 1.50. The van der Waals surface area contributed by atoms with E-state index >= 15 is 0 Å². The van der Waals surface area contributed by atoms with Gasteiger partial charge in [-0.1, -0.05) is 24.3 Å². The summed E-state index contributed by atoms with van der Waals surface area (Å²) in [4.78, 5) is 28.1. The Kier molecular flexibility index (Phi) is 6.97. The Morgan fingerprint density at radius 3 is 2.76 bits per heavy atom. The number of ether oxygens (including phenoxy) is 1. The van der Waals surface area contributed by atoms with E-state index in [9.17, 15) is 9.59 Å². The number of aromatic nitrogens is 1. The van der Waals surface area contributed by atoms with Crippen molar-refractivity contribution in [1.82, 2.24) is 10.3 Å². The van der Waals surface area contributed by atoms with Crippen molar-refractivity contribution in [3.05, 3.63) is 65.2 Å². The van der Waals surface area contributed by atoms with E-state index in [4.69, 9.17) is 4.74 Å². The lowest BCUT2D eigenvalue weighted by molar-refractivity contribution is -0.120. The van der Waals surface area contributed by atoms with Crippen LogP contribution in [0.3, 0.4) is 0 Å². The van der Waals surface area contributed by atoms with Gasteiger partial charge in [-0.3, -0.25) is 9.59 Å². The summed E-state index contributed by atoms with van der Waals surface area (Å²) in [6.45, 7) is 4.38. The minimum Gasteiger partial charge on any atom is -0.493 e. The smallest absolute Gasteiger partial charge is 0.226 e. The Labute approximate surface area is 173 Å². The predicted octanol–water partition coefficient (Wildman–Crippen LogP) is 4.03. The number of anilines is 1. The summed E-state index contributed by atoms with van der Waals surface area (Å²) in [5, 5.41) is 8.36. The molecule has 7 heteroatoms. The zero-order valence-electron chi connectivity index (χ0n) is 16.4. The molecule has 0 aliphatic carbocycles. The summed E-state index contributed by atoms with van der Waals surface area (Å²) < 4.78 is 5.66. The van der Waals surface area contributed by atoms with Crippen LogP contribution < -0.4 is 15.4 Å². The summed E-state index contributed by atoms with van der Waals surface area (Å²) in [7, 11) is 0. The second-order valence-electron chi connectivity index (χ2n) is 6.41. The molecule has 3 rings (SSSR count). The number of para-hydroxylation sites is 1. The molecule has 6 nitrogen and oxygen atoms in total. The zero-order chi connectivity index (χ0) is 20.6. The second kappa shape index (κ2) is 9.84. The summed E-state index contributed by atoms with van der Waals surface area (Å²) in [5.74, 6) is 0.556. The monoisotopic (exact) mass is 409 g/mol. The zero-order valence-corrected chi connectivity index (χ0v) is 17.2. The third-order valence-corrected chi connectivity index (χ3v) is 4.97. The molecule has 29 heavy (non-hydrogen) atoms. The van der Waals surface area contributed by atoms with E-state index < -0.39 is 0 Å². The standard InChI is InChI=1S/C22H23N3O3S/c1-3-28-20-10-5-4-9-19(20)22-25-18(14-29-22)12-21(27)23-13-16-7-6-8-17(11-16)24-15(2)26/h4-11,14H,3,12-13H2,1-2H3,(H,23,27)(H,24,26). The maximum Gasteiger partial charge on any atom is 0.226 e. The van der Waals surface area contributed by atoms with Crippen molar-refractivity contribution in [3.8, 4) is 16.3 Å². The first-order chi connectivity index (χ1) is 14.0. The van der Waals surface area contributed by atoms with Gasteiger partial charge in [0.25, 0.3) is 0 Å². The summed E-state index contributed by atoms with van der Waals surface area (Å²) in [6, 6.07) is 15.2. The van der Waals surface area contributed by atoms with Gasteiger partial charge in [0.15, 0.2) is 0 Å². The third-order valence-electron chi connectivity index (χ3n) is 4.05. The van der Waals surface area contributed by atoms with E-state index in [1.54, 1.807) is 0 Å². The van der Waals surface area contributed by atoms with E-state index in [1.165, 1.54) is 18.3 Å². The first-order valence-electron chi connectivity index (χ1n) is 9.35. The van der Waals surface area contributed by atoms with Crippen LogP contribution in [-0.4, -0.2) is 23.4 Å². The van der Waals surface area contributed by atoms with E-state index in [0.717, 1.165) is 27.6 Å². The van der Waals surface area contributed by atoms with Gasteiger partial charge < -0.3 is 15.4 Å². The fourth-order valence-electron chi connectivity index (χ4n) is 2.83. The molecule has 0 saturated carbocycles. The maximum absolute atomic E-state index is 12.3. The lowest BCUT2D eigenvalue weighted by Crippen LogP contribution is -2.24. The number of carbonyl (C=O) groups excluding carboxylic acids is 2. The van der Waals surface area contributed by atoms with Gasteiger partial charge in [-0.25, -0.2) is 4.98 Å². The van der Waals surface area contributed by atoms with Crippen molar-refractivity contribution < 1.29 is 14.3 Å². The van der Waals surface area contributed by atoms with Crippen molar-refractivity contribution >= 4 is 28.8 Å². The van der Waals surface area contributed by atoms with Crippen LogP contribution in [0.2, 0.25) is 0 Å². The molecule has 2 amide bonds. The molecular weight excluding hydrogens is 386 g/mol. The molecule has 0 fully saturated rings. The fourth-order valence-corrected chi connectivity index (χ4v) is 3.68. The number of rotatable bonds is 8.